The van der Waals surface area contributed by atoms with Gasteiger partial charge in [0, 0.05) is 28.1 Å². The van der Waals surface area contributed by atoms with Gasteiger partial charge in [-0.3, -0.25) is 0 Å². The summed E-state index contributed by atoms with van der Waals surface area (Å²) in [4.78, 5) is 2.60. The van der Waals surface area contributed by atoms with E-state index < -0.39 is 0 Å². The monoisotopic (exact) mass is 317 g/mol. The molecule has 0 radical (unpaired) electrons. The van der Waals surface area contributed by atoms with Crippen LogP contribution in [0.4, 0.5) is 0 Å². The fourth-order valence-electron chi connectivity index (χ4n) is 2.37. The van der Waals surface area contributed by atoms with Crippen molar-refractivity contribution >= 4 is 35.0 Å². The highest BCUT2D eigenvalue weighted by Crippen LogP contribution is 2.24. The summed E-state index contributed by atoms with van der Waals surface area (Å²) in [6.07, 6.45) is 5.55. The SMILES string of the molecule is Clc1ccc(CSCCN2CCCCCC2)c(Cl)c1. The van der Waals surface area contributed by atoms with Crippen LogP contribution in [-0.4, -0.2) is 30.3 Å². The van der Waals surface area contributed by atoms with Crippen molar-refractivity contribution in [3.8, 4) is 0 Å². The molecule has 0 saturated carbocycles. The lowest BCUT2D eigenvalue weighted by atomic mass is 10.2. The highest BCUT2D eigenvalue weighted by Gasteiger charge is 2.08. The molecule has 1 saturated heterocycles. The van der Waals surface area contributed by atoms with Crippen LogP contribution in [-0.2, 0) is 5.75 Å². The van der Waals surface area contributed by atoms with Gasteiger partial charge in [0.25, 0.3) is 0 Å². The molecule has 0 bridgehead atoms. The fourth-order valence-corrected chi connectivity index (χ4v) is 3.93. The first-order valence-electron chi connectivity index (χ1n) is 7.00. The largest absolute Gasteiger partial charge is 0.303 e. The lowest BCUT2D eigenvalue weighted by Crippen LogP contribution is -2.27. The van der Waals surface area contributed by atoms with Gasteiger partial charge in [-0.1, -0.05) is 42.1 Å². The minimum Gasteiger partial charge on any atom is -0.303 e. The first kappa shape index (κ1) is 15.5. The molecule has 1 aliphatic rings. The van der Waals surface area contributed by atoms with Gasteiger partial charge in [-0.15, -0.1) is 0 Å². The Bertz CT molecular complexity index is 390. The van der Waals surface area contributed by atoms with E-state index in [4.69, 9.17) is 23.2 Å². The fraction of sp³-hybridized carbons (Fsp3) is 0.600. The molecule has 1 aromatic carbocycles. The highest BCUT2D eigenvalue weighted by molar-refractivity contribution is 7.98. The van der Waals surface area contributed by atoms with Gasteiger partial charge in [-0.25, -0.2) is 0 Å². The molecule has 106 valence electrons. The zero-order valence-corrected chi connectivity index (χ0v) is 13.5. The lowest BCUT2D eigenvalue weighted by Gasteiger charge is -2.19. The molecule has 1 fully saturated rings. The van der Waals surface area contributed by atoms with Gasteiger partial charge in [-0.2, -0.15) is 11.8 Å². The zero-order chi connectivity index (χ0) is 13.5. The van der Waals surface area contributed by atoms with Crippen LogP contribution in [0.2, 0.25) is 10.0 Å². The molecule has 1 nitrogen and oxygen atoms in total. The average Bonchev–Trinajstić information content (AvgIpc) is 2.65. The van der Waals surface area contributed by atoms with E-state index >= 15 is 0 Å². The molecule has 0 aromatic heterocycles. The minimum absolute atomic E-state index is 0.711. The third-order valence-corrected chi connectivity index (χ3v) is 5.10. The van der Waals surface area contributed by atoms with E-state index in [2.05, 4.69) is 4.90 Å². The summed E-state index contributed by atoms with van der Waals surface area (Å²) < 4.78 is 0. The van der Waals surface area contributed by atoms with Crippen molar-refractivity contribution in [3.05, 3.63) is 33.8 Å². The lowest BCUT2D eigenvalue weighted by molar-refractivity contribution is 0.303. The topological polar surface area (TPSA) is 3.24 Å². The molecule has 0 N–H and O–H groups in total. The van der Waals surface area contributed by atoms with Crippen molar-refractivity contribution in [2.45, 2.75) is 31.4 Å². The zero-order valence-electron chi connectivity index (χ0n) is 11.2. The van der Waals surface area contributed by atoms with Gasteiger partial charge in [0.15, 0.2) is 0 Å². The van der Waals surface area contributed by atoms with Crippen LogP contribution in [0.5, 0.6) is 0 Å². The van der Waals surface area contributed by atoms with E-state index in [-0.39, 0.29) is 0 Å². The summed E-state index contributed by atoms with van der Waals surface area (Å²) in [6.45, 7) is 3.76. The molecular weight excluding hydrogens is 297 g/mol. The molecule has 0 unspecified atom stereocenters. The number of halogens is 2. The standard InChI is InChI=1S/C15H21Cl2NS/c16-14-6-5-13(15(17)11-14)12-19-10-9-18-7-3-1-2-4-8-18/h5-6,11H,1-4,7-10,12H2. The second-order valence-corrected chi connectivity index (χ2v) is 6.99. The van der Waals surface area contributed by atoms with E-state index in [9.17, 15) is 0 Å². The summed E-state index contributed by atoms with van der Waals surface area (Å²) >= 11 is 14.0. The number of benzene rings is 1. The Kier molecular flexibility index (Phi) is 6.86. The summed E-state index contributed by atoms with van der Waals surface area (Å²) in [7, 11) is 0. The molecule has 2 rings (SSSR count). The van der Waals surface area contributed by atoms with E-state index in [0.29, 0.717) is 5.02 Å². The van der Waals surface area contributed by atoms with E-state index in [1.807, 2.05) is 30.0 Å². The molecule has 0 aliphatic carbocycles. The van der Waals surface area contributed by atoms with Gasteiger partial charge in [-0.05, 0) is 43.6 Å². The van der Waals surface area contributed by atoms with Crippen LogP contribution in [0.1, 0.15) is 31.2 Å². The van der Waals surface area contributed by atoms with Crippen LogP contribution in [0.15, 0.2) is 18.2 Å². The normalized spacial score (nSPS) is 17.4. The van der Waals surface area contributed by atoms with Crippen LogP contribution in [0.25, 0.3) is 0 Å². The van der Waals surface area contributed by atoms with Crippen molar-refractivity contribution in [1.82, 2.24) is 4.90 Å². The summed E-state index contributed by atoms with van der Waals surface area (Å²) in [5.74, 6) is 2.16. The minimum atomic E-state index is 0.711. The Hall–Kier alpha value is 0.110. The van der Waals surface area contributed by atoms with Gasteiger partial charge < -0.3 is 4.90 Å². The van der Waals surface area contributed by atoms with E-state index in [0.717, 1.165) is 10.8 Å². The molecule has 0 spiro atoms. The van der Waals surface area contributed by atoms with Crippen LogP contribution < -0.4 is 0 Å². The molecule has 4 heteroatoms. The Morgan fingerprint density at radius 1 is 1.05 bits per heavy atom. The molecule has 0 amide bonds. The number of thioether (sulfide) groups is 1. The van der Waals surface area contributed by atoms with Crippen molar-refractivity contribution < 1.29 is 0 Å². The molecule has 0 atom stereocenters. The van der Waals surface area contributed by atoms with Gasteiger partial charge in [0.2, 0.25) is 0 Å². The number of hydrogen-bond acceptors (Lipinski definition) is 2. The van der Waals surface area contributed by atoms with Crippen LogP contribution in [0.3, 0.4) is 0 Å². The first-order chi connectivity index (χ1) is 9.25. The maximum Gasteiger partial charge on any atom is 0.0461 e. The van der Waals surface area contributed by atoms with Gasteiger partial charge in [0.05, 0.1) is 0 Å². The Morgan fingerprint density at radius 2 is 1.79 bits per heavy atom. The average molecular weight is 318 g/mol. The predicted octanol–water partition coefficient (Wildman–Crippen LogP) is 5.10. The number of nitrogens with zero attached hydrogens (tertiary/aromatic N) is 1. The van der Waals surface area contributed by atoms with Crippen LogP contribution in [0, 0.1) is 0 Å². The molecular formula is C15H21Cl2NS. The number of rotatable bonds is 5. The smallest absolute Gasteiger partial charge is 0.0461 e. The molecule has 1 heterocycles. The maximum absolute atomic E-state index is 6.17. The third-order valence-electron chi connectivity index (χ3n) is 3.52. The molecule has 1 aromatic rings. The second kappa shape index (κ2) is 8.41. The van der Waals surface area contributed by atoms with Crippen molar-refractivity contribution in [1.29, 1.82) is 0 Å². The van der Waals surface area contributed by atoms with Gasteiger partial charge in [0.1, 0.15) is 0 Å². The van der Waals surface area contributed by atoms with Gasteiger partial charge >= 0.3 is 0 Å². The molecule has 19 heavy (non-hydrogen) atoms. The van der Waals surface area contributed by atoms with E-state index in [1.165, 1.54) is 56.6 Å². The maximum atomic E-state index is 6.17. The van der Waals surface area contributed by atoms with E-state index in [1.54, 1.807) is 0 Å². The Morgan fingerprint density at radius 3 is 2.47 bits per heavy atom. The van der Waals surface area contributed by atoms with Crippen molar-refractivity contribution in [3.63, 3.8) is 0 Å². The van der Waals surface area contributed by atoms with Crippen molar-refractivity contribution in [2.75, 3.05) is 25.4 Å². The highest BCUT2D eigenvalue weighted by atomic mass is 35.5. The second-order valence-electron chi connectivity index (χ2n) is 5.04. The van der Waals surface area contributed by atoms with Crippen LogP contribution >= 0.6 is 35.0 Å². The first-order valence-corrected chi connectivity index (χ1v) is 8.91. The molecule has 1 aliphatic heterocycles. The Labute approximate surface area is 130 Å². The number of likely N-dealkylation sites (tertiary alicyclic amines) is 1. The summed E-state index contributed by atoms with van der Waals surface area (Å²) in [6, 6.07) is 5.77. The number of hydrogen-bond donors (Lipinski definition) is 0. The summed E-state index contributed by atoms with van der Waals surface area (Å²) in [5.41, 5.74) is 1.19. The quantitative estimate of drug-likeness (QED) is 0.695. The van der Waals surface area contributed by atoms with Crippen molar-refractivity contribution in [2.24, 2.45) is 0 Å². The Balaban J connectivity index is 1.68. The predicted molar refractivity (Wildman–Crippen MR) is 87.5 cm³/mol. The third kappa shape index (κ3) is 5.55. The summed E-state index contributed by atoms with van der Waals surface area (Å²) in [5, 5.41) is 1.50.